The third kappa shape index (κ3) is 2.98. The Morgan fingerprint density at radius 2 is 1.52 bits per heavy atom. The van der Waals surface area contributed by atoms with Gasteiger partial charge in [0.2, 0.25) is 0 Å². The topological polar surface area (TPSA) is 26.0 Å². The lowest BCUT2D eigenvalue weighted by Crippen LogP contribution is -2.12. The quantitative estimate of drug-likeness (QED) is 0.848. The summed E-state index contributed by atoms with van der Waals surface area (Å²) in [7, 11) is 0. The van der Waals surface area contributed by atoms with Gasteiger partial charge in [-0.1, -0.05) is 6.92 Å². The van der Waals surface area contributed by atoms with Crippen LogP contribution in [-0.2, 0) is 0 Å². The van der Waals surface area contributed by atoms with Crippen LogP contribution < -0.4 is 5.73 Å². The summed E-state index contributed by atoms with van der Waals surface area (Å²) < 4.78 is 27.7. The van der Waals surface area contributed by atoms with Crippen molar-refractivity contribution in [2.75, 3.05) is 0 Å². The minimum Gasteiger partial charge on any atom is -0.324 e. The zero-order chi connectivity index (χ0) is 15.7. The van der Waals surface area contributed by atoms with Gasteiger partial charge in [-0.05, 0) is 79.3 Å². The third-order valence-electron chi connectivity index (χ3n) is 3.91. The summed E-state index contributed by atoms with van der Waals surface area (Å²) in [6, 6.07) is 6.27. The molecule has 0 unspecified atom stereocenters. The molecule has 0 bridgehead atoms. The van der Waals surface area contributed by atoms with E-state index in [9.17, 15) is 8.78 Å². The van der Waals surface area contributed by atoms with E-state index in [4.69, 9.17) is 5.73 Å². The SMILES string of the molecule is CC[C@H](N)c1cc(-c2c(C)cc(F)cc2C)cc(C)c1F. The van der Waals surface area contributed by atoms with Gasteiger partial charge in [-0.15, -0.1) is 0 Å². The van der Waals surface area contributed by atoms with E-state index in [1.54, 1.807) is 19.1 Å². The summed E-state index contributed by atoms with van der Waals surface area (Å²) in [5.74, 6) is -0.497. The fraction of sp³-hybridized carbons (Fsp3) is 0.333. The molecule has 112 valence electrons. The number of aryl methyl sites for hydroxylation is 3. The minimum atomic E-state index is -0.329. The van der Waals surface area contributed by atoms with Gasteiger partial charge < -0.3 is 5.73 Å². The van der Waals surface area contributed by atoms with Gasteiger partial charge in [-0.3, -0.25) is 0 Å². The summed E-state index contributed by atoms with van der Waals surface area (Å²) in [5, 5.41) is 0. The molecule has 0 fully saturated rings. The lowest BCUT2D eigenvalue weighted by molar-refractivity contribution is 0.568. The summed E-state index contributed by atoms with van der Waals surface area (Å²) in [4.78, 5) is 0. The molecule has 0 saturated carbocycles. The Kier molecular flexibility index (Phi) is 4.43. The maximum atomic E-state index is 14.3. The van der Waals surface area contributed by atoms with Crippen LogP contribution in [0.1, 0.15) is 41.6 Å². The highest BCUT2D eigenvalue weighted by atomic mass is 19.1. The fourth-order valence-corrected chi connectivity index (χ4v) is 2.80. The summed E-state index contributed by atoms with van der Waals surface area (Å²) in [6.45, 7) is 7.40. The highest BCUT2D eigenvalue weighted by Gasteiger charge is 2.16. The van der Waals surface area contributed by atoms with Gasteiger partial charge in [-0.2, -0.15) is 0 Å². The molecule has 0 spiro atoms. The second kappa shape index (κ2) is 5.94. The van der Waals surface area contributed by atoms with Gasteiger partial charge in [0.05, 0.1) is 0 Å². The van der Waals surface area contributed by atoms with Gasteiger partial charge in [0.15, 0.2) is 0 Å². The van der Waals surface area contributed by atoms with Crippen molar-refractivity contribution in [3.8, 4) is 11.1 Å². The van der Waals surface area contributed by atoms with Crippen LogP contribution in [0.15, 0.2) is 24.3 Å². The molecule has 3 heteroatoms. The van der Waals surface area contributed by atoms with E-state index in [1.165, 1.54) is 12.1 Å². The molecule has 2 aromatic carbocycles. The Hall–Kier alpha value is -1.74. The number of rotatable bonds is 3. The maximum absolute atomic E-state index is 14.3. The van der Waals surface area contributed by atoms with E-state index in [1.807, 2.05) is 20.8 Å². The second-order valence-corrected chi connectivity index (χ2v) is 5.63. The Labute approximate surface area is 124 Å². The van der Waals surface area contributed by atoms with Gasteiger partial charge in [-0.25, -0.2) is 8.78 Å². The van der Waals surface area contributed by atoms with E-state index in [2.05, 4.69) is 0 Å². The zero-order valence-corrected chi connectivity index (χ0v) is 12.9. The fourth-order valence-electron chi connectivity index (χ4n) is 2.80. The molecule has 0 saturated heterocycles. The third-order valence-corrected chi connectivity index (χ3v) is 3.91. The molecular weight excluding hydrogens is 268 g/mol. The normalized spacial score (nSPS) is 12.5. The van der Waals surface area contributed by atoms with E-state index < -0.39 is 0 Å². The van der Waals surface area contributed by atoms with Crippen LogP contribution in [-0.4, -0.2) is 0 Å². The minimum absolute atomic E-state index is 0.245. The number of hydrogen-bond acceptors (Lipinski definition) is 1. The van der Waals surface area contributed by atoms with Crippen molar-refractivity contribution in [2.24, 2.45) is 5.73 Å². The molecule has 2 aromatic rings. The number of hydrogen-bond donors (Lipinski definition) is 1. The molecule has 0 aromatic heterocycles. The van der Waals surface area contributed by atoms with Crippen LogP contribution in [0.5, 0.6) is 0 Å². The molecule has 0 aliphatic heterocycles. The molecule has 1 atom stereocenters. The van der Waals surface area contributed by atoms with Crippen molar-refractivity contribution in [1.29, 1.82) is 0 Å². The first kappa shape index (κ1) is 15.6. The zero-order valence-electron chi connectivity index (χ0n) is 12.9. The van der Waals surface area contributed by atoms with E-state index in [0.29, 0.717) is 17.5 Å². The number of benzene rings is 2. The molecule has 0 heterocycles. The molecular formula is C18H21F2N. The molecule has 0 radical (unpaired) electrons. The maximum Gasteiger partial charge on any atom is 0.130 e. The van der Waals surface area contributed by atoms with Crippen LogP contribution in [0.25, 0.3) is 11.1 Å². The Morgan fingerprint density at radius 3 is 2.05 bits per heavy atom. The Balaban J connectivity index is 2.68. The Morgan fingerprint density at radius 1 is 0.952 bits per heavy atom. The van der Waals surface area contributed by atoms with Crippen molar-refractivity contribution in [1.82, 2.24) is 0 Å². The first-order valence-corrected chi connectivity index (χ1v) is 7.17. The number of nitrogens with two attached hydrogens (primary N) is 1. The lowest BCUT2D eigenvalue weighted by Gasteiger charge is -2.17. The molecule has 2 rings (SSSR count). The second-order valence-electron chi connectivity index (χ2n) is 5.63. The van der Waals surface area contributed by atoms with Crippen LogP contribution in [0.4, 0.5) is 8.78 Å². The molecule has 2 N–H and O–H groups in total. The number of halogens is 2. The summed E-state index contributed by atoms with van der Waals surface area (Å²) >= 11 is 0. The molecule has 0 amide bonds. The van der Waals surface area contributed by atoms with Crippen LogP contribution in [0.2, 0.25) is 0 Å². The van der Waals surface area contributed by atoms with Gasteiger partial charge in [0.1, 0.15) is 11.6 Å². The van der Waals surface area contributed by atoms with Gasteiger partial charge >= 0.3 is 0 Å². The van der Waals surface area contributed by atoms with E-state index in [-0.39, 0.29) is 17.7 Å². The van der Waals surface area contributed by atoms with Gasteiger partial charge in [0, 0.05) is 11.6 Å². The van der Waals surface area contributed by atoms with Crippen molar-refractivity contribution < 1.29 is 8.78 Å². The monoisotopic (exact) mass is 289 g/mol. The molecule has 0 aliphatic carbocycles. The average Bonchev–Trinajstić information content (AvgIpc) is 2.40. The molecule has 1 nitrogen and oxygen atoms in total. The molecule has 21 heavy (non-hydrogen) atoms. The lowest BCUT2D eigenvalue weighted by atomic mass is 9.91. The highest BCUT2D eigenvalue weighted by molar-refractivity contribution is 5.72. The van der Waals surface area contributed by atoms with Crippen molar-refractivity contribution in [3.05, 3.63) is 58.2 Å². The van der Waals surface area contributed by atoms with E-state index in [0.717, 1.165) is 22.3 Å². The first-order chi connectivity index (χ1) is 9.85. The van der Waals surface area contributed by atoms with Crippen molar-refractivity contribution >= 4 is 0 Å². The standard InChI is InChI=1S/C18H21F2N/c1-5-16(21)15-9-13(6-12(4)18(15)20)17-10(2)7-14(19)8-11(17)3/h6-9,16H,5,21H2,1-4H3/t16-/m0/s1. The predicted molar refractivity (Wildman–Crippen MR) is 83.2 cm³/mol. The molecule has 0 aliphatic rings. The van der Waals surface area contributed by atoms with Gasteiger partial charge in [0.25, 0.3) is 0 Å². The smallest absolute Gasteiger partial charge is 0.130 e. The highest BCUT2D eigenvalue weighted by Crippen LogP contribution is 2.32. The van der Waals surface area contributed by atoms with Crippen molar-refractivity contribution in [2.45, 2.75) is 40.2 Å². The Bertz CT molecular complexity index is 654. The van der Waals surface area contributed by atoms with Crippen LogP contribution in [0, 0.1) is 32.4 Å². The first-order valence-electron chi connectivity index (χ1n) is 7.17. The van der Waals surface area contributed by atoms with Crippen LogP contribution in [0.3, 0.4) is 0 Å². The largest absolute Gasteiger partial charge is 0.324 e. The summed E-state index contributed by atoms with van der Waals surface area (Å²) in [5.41, 5.74) is 10.6. The van der Waals surface area contributed by atoms with Crippen LogP contribution >= 0.6 is 0 Å². The predicted octanol–water partition coefficient (Wildman–Crippen LogP) is 4.97. The summed E-state index contributed by atoms with van der Waals surface area (Å²) in [6.07, 6.45) is 0.668. The van der Waals surface area contributed by atoms with E-state index >= 15 is 0 Å². The van der Waals surface area contributed by atoms with Crippen molar-refractivity contribution in [3.63, 3.8) is 0 Å². The average molecular weight is 289 g/mol.